The van der Waals surface area contributed by atoms with Gasteiger partial charge in [0, 0.05) is 17.8 Å². The lowest BCUT2D eigenvalue weighted by Crippen LogP contribution is -2.07. The number of aromatic nitrogens is 4. The van der Waals surface area contributed by atoms with Crippen molar-refractivity contribution in [1.82, 2.24) is 20.2 Å². The number of aromatic amines is 1. The van der Waals surface area contributed by atoms with Crippen LogP contribution in [0.4, 0.5) is 5.82 Å². The van der Waals surface area contributed by atoms with E-state index >= 15 is 0 Å². The number of H-pyrrole nitrogens is 1. The molecular formula is C12H16ClN5. The first-order valence-corrected chi connectivity index (χ1v) is 6.26. The van der Waals surface area contributed by atoms with Crippen LogP contribution in [0.1, 0.15) is 23.2 Å². The van der Waals surface area contributed by atoms with Crippen molar-refractivity contribution < 1.29 is 0 Å². The lowest BCUT2D eigenvalue weighted by atomic mass is 10.1. The third-order valence-corrected chi connectivity index (χ3v) is 3.25. The Kier molecular flexibility index (Phi) is 4.15. The standard InChI is InChI=1S/C12H16ClN5/c1-8-11(13)15-7-16-12(8)14-5-3-4-10-6-17-18-9(10)2/h6-7H,3-5H2,1-2H3,(H,17,18)(H,14,15,16). The molecule has 0 aliphatic carbocycles. The molecule has 0 aromatic carbocycles. The summed E-state index contributed by atoms with van der Waals surface area (Å²) in [5.74, 6) is 0.805. The quantitative estimate of drug-likeness (QED) is 0.644. The smallest absolute Gasteiger partial charge is 0.137 e. The molecule has 0 spiro atoms. The van der Waals surface area contributed by atoms with Crippen molar-refractivity contribution in [1.29, 1.82) is 0 Å². The molecule has 0 amide bonds. The summed E-state index contributed by atoms with van der Waals surface area (Å²) in [6, 6.07) is 0. The maximum atomic E-state index is 5.93. The molecule has 0 aliphatic rings. The normalized spacial score (nSPS) is 10.6. The molecule has 2 aromatic heterocycles. The second-order valence-electron chi connectivity index (χ2n) is 4.19. The molecule has 0 atom stereocenters. The van der Waals surface area contributed by atoms with Crippen LogP contribution >= 0.6 is 11.6 Å². The molecule has 0 saturated carbocycles. The Bertz CT molecular complexity index is 523. The van der Waals surface area contributed by atoms with Crippen molar-refractivity contribution in [3.05, 3.63) is 34.5 Å². The van der Waals surface area contributed by atoms with Gasteiger partial charge in [0.2, 0.25) is 0 Å². The van der Waals surface area contributed by atoms with Crippen LogP contribution in [0.3, 0.4) is 0 Å². The Morgan fingerprint density at radius 1 is 1.33 bits per heavy atom. The maximum Gasteiger partial charge on any atom is 0.137 e. The first kappa shape index (κ1) is 12.8. The first-order chi connectivity index (χ1) is 8.68. The molecule has 2 rings (SSSR count). The largest absolute Gasteiger partial charge is 0.370 e. The average molecular weight is 266 g/mol. The van der Waals surface area contributed by atoms with Crippen molar-refractivity contribution in [2.45, 2.75) is 26.7 Å². The van der Waals surface area contributed by atoms with Crippen LogP contribution in [0.2, 0.25) is 5.15 Å². The van der Waals surface area contributed by atoms with Gasteiger partial charge in [0.1, 0.15) is 17.3 Å². The van der Waals surface area contributed by atoms with E-state index in [1.165, 1.54) is 11.9 Å². The van der Waals surface area contributed by atoms with Crippen molar-refractivity contribution in [2.75, 3.05) is 11.9 Å². The lowest BCUT2D eigenvalue weighted by molar-refractivity contribution is 0.851. The highest BCUT2D eigenvalue weighted by atomic mass is 35.5. The molecule has 0 fully saturated rings. The monoisotopic (exact) mass is 265 g/mol. The number of hydrogen-bond donors (Lipinski definition) is 2. The molecule has 0 radical (unpaired) electrons. The number of halogens is 1. The summed E-state index contributed by atoms with van der Waals surface area (Å²) < 4.78 is 0. The van der Waals surface area contributed by atoms with Gasteiger partial charge in [-0.25, -0.2) is 9.97 Å². The Morgan fingerprint density at radius 2 is 2.17 bits per heavy atom. The van der Waals surface area contributed by atoms with Crippen LogP contribution in [0.5, 0.6) is 0 Å². The highest BCUT2D eigenvalue weighted by molar-refractivity contribution is 6.30. The fraction of sp³-hybridized carbons (Fsp3) is 0.417. The van der Waals surface area contributed by atoms with Gasteiger partial charge in [-0.2, -0.15) is 5.10 Å². The second kappa shape index (κ2) is 5.82. The predicted octanol–water partition coefficient (Wildman–Crippen LogP) is 2.51. The van der Waals surface area contributed by atoms with Gasteiger partial charge in [0.05, 0.1) is 6.20 Å². The molecule has 96 valence electrons. The number of anilines is 1. The number of nitrogens with one attached hydrogen (secondary N) is 2. The van der Waals surface area contributed by atoms with Gasteiger partial charge < -0.3 is 5.32 Å². The number of hydrogen-bond acceptors (Lipinski definition) is 4. The van der Waals surface area contributed by atoms with E-state index in [1.807, 2.05) is 20.0 Å². The molecule has 6 heteroatoms. The number of rotatable bonds is 5. The zero-order valence-electron chi connectivity index (χ0n) is 10.5. The highest BCUT2D eigenvalue weighted by Gasteiger charge is 2.04. The van der Waals surface area contributed by atoms with Gasteiger partial charge in [-0.05, 0) is 32.3 Å². The van der Waals surface area contributed by atoms with E-state index in [2.05, 4.69) is 25.5 Å². The van der Waals surface area contributed by atoms with E-state index in [9.17, 15) is 0 Å². The van der Waals surface area contributed by atoms with E-state index in [0.29, 0.717) is 5.15 Å². The summed E-state index contributed by atoms with van der Waals surface area (Å²) in [6.45, 7) is 4.79. The fourth-order valence-corrected chi connectivity index (χ4v) is 1.85. The third-order valence-electron chi connectivity index (χ3n) is 2.87. The van der Waals surface area contributed by atoms with Crippen LogP contribution in [0.25, 0.3) is 0 Å². The Balaban J connectivity index is 1.82. The Morgan fingerprint density at radius 3 is 2.89 bits per heavy atom. The predicted molar refractivity (Wildman–Crippen MR) is 71.9 cm³/mol. The summed E-state index contributed by atoms with van der Waals surface area (Å²) in [7, 11) is 0. The summed E-state index contributed by atoms with van der Waals surface area (Å²) >= 11 is 5.93. The van der Waals surface area contributed by atoms with Crippen LogP contribution in [0.15, 0.2) is 12.5 Å². The molecule has 0 bridgehead atoms. The molecule has 0 aliphatic heterocycles. The van der Waals surface area contributed by atoms with Gasteiger partial charge in [-0.15, -0.1) is 0 Å². The molecule has 2 N–H and O–H groups in total. The van der Waals surface area contributed by atoms with Crippen molar-refractivity contribution in [2.24, 2.45) is 0 Å². The van der Waals surface area contributed by atoms with Crippen molar-refractivity contribution in [3.63, 3.8) is 0 Å². The maximum absolute atomic E-state index is 5.93. The summed E-state index contributed by atoms with van der Waals surface area (Å²) in [5, 5.41) is 10.7. The molecule has 18 heavy (non-hydrogen) atoms. The van der Waals surface area contributed by atoms with Crippen molar-refractivity contribution in [3.8, 4) is 0 Å². The van der Waals surface area contributed by atoms with Crippen LogP contribution in [0, 0.1) is 13.8 Å². The minimum Gasteiger partial charge on any atom is -0.370 e. The van der Waals surface area contributed by atoms with E-state index in [-0.39, 0.29) is 0 Å². The number of nitrogens with zero attached hydrogens (tertiary/aromatic N) is 3. The molecule has 5 nitrogen and oxygen atoms in total. The minimum atomic E-state index is 0.498. The first-order valence-electron chi connectivity index (χ1n) is 5.88. The second-order valence-corrected chi connectivity index (χ2v) is 4.55. The Labute approximate surface area is 111 Å². The van der Waals surface area contributed by atoms with Gasteiger partial charge >= 0.3 is 0 Å². The molecule has 0 unspecified atom stereocenters. The zero-order chi connectivity index (χ0) is 13.0. The van der Waals surface area contributed by atoms with Crippen molar-refractivity contribution >= 4 is 17.4 Å². The Hall–Kier alpha value is -1.62. The van der Waals surface area contributed by atoms with E-state index in [1.54, 1.807) is 0 Å². The average Bonchev–Trinajstić information content (AvgIpc) is 2.76. The summed E-state index contributed by atoms with van der Waals surface area (Å²) in [4.78, 5) is 8.09. The van der Waals surface area contributed by atoms with Gasteiger partial charge in [0.25, 0.3) is 0 Å². The van der Waals surface area contributed by atoms with Gasteiger partial charge in [-0.3, -0.25) is 5.10 Å². The SMILES string of the molecule is Cc1[nH]ncc1CCCNc1ncnc(Cl)c1C. The summed E-state index contributed by atoms with van der Waals surface area (Å²) in [6.07, 6.45) is 5.36. The van der Waals surface area contributed by atoms with Crippen LogP contribution in [-0.4, -0.2) is 26.7 Å². The molecular weight excluding hydrogens is 250 g/mol. The fourth-order valence-electron chi connectivity index (χ4n) is 1.72. The van der Waals surface area contributed by atoms with Gasteiger partial charge in [0.15, 0.2) is 0 Å². The van der Waals surface area contributed by atoms with Crippen LogP contribution in [-0.2, 0) is 6.42 Å². The zero-order valence-corrected chi connectivity index (χ0v) is 11.3. The van der Waals surface area contributed by atoms with Crippen LogP contribution < -0.4 is 5.32 Å². The number of aryl methyl sites for hydroxylation is 2. The topological polar surface area (TPSA) is 66.5 Å². The minimum absolute atomic E-state index is 0.498. The van der Waals surface area contributed by atoms with E-state index in [4.69, 9.17) is 11.6 Å². The molecule has 2 heterocycles. The van der Waals surface area contributed by atoms with E-state index in [0.717, 1.165) is 36.5 Å². The van der Waals surface area contributed by atoms with Gasteiger partial charge in [-0.1, -0.05) is 11.6 Å². The highest BCUT2D eigenvalue weighted by Crippen LogP contribution is 2.17. The summed E-state index contributed by atoms with van der Waals surface area (Å²) in [5.41, 5.74) is 3.28. The lowest BCUT2D eigenvalue weighted by Gasteiger charge is -2.08. The molecule has 0 saturated heterocycles. The van der Waals surface area contributed by atoms with E-state index < -0.39 is 0 Å². The third kappa shape index (κ3) is 2.98. The molecule has 2 aromatic rings.